The summed E-state index contributed by atoms with van der Waals surface area (Å²) in [4.78, 5) is 3.86. The fraction of sp³-hybridized carbons (Fsp3) is 0.364. The molecule has 0 aliphatic rings. The van der Waals surface area contributed by atoms with Gasteiger partial charge in [-0.1, -0.05) is 12.1 Å². The molecule has 0 bridgehead atoms. The summed E-state index contributed by atoms with van der Waals surface area (Å²) in [6, 6.07) is 8.04. The van der Waals surface area contributed by atoms with Gasteiger partial charge in [0.1, 0.15) is 5.75 Å². The maximum Gasteiger partial charge on any atom is 0.119 e. The van der Waals surface area contributed by atoms with Crippen LogP contribution in [0.25, 0.3) is 0 Å². The van der Waals surface area contributed by atoms with E-state index in [4.69, 9.17) is 4.74 Å². The molecular formula is C11H13NOS. The van der Waals surface area contributed by atoms with Gasteiger partial charge >= 0.3 is 0 Å². The highest BCUT2D eigenvalue weighted by atomic mass is 32.1. The lowest BCUT2D eigenvalue weighted by Gasteiger charge is -2.03. The number of aliphatic imine (C=N–C) groups is 1. The lowest BCUT2D eigenvalue weighted by molar-refractivity contribution is 0.340. The number of hydrogen-bond acceptors (Lipinski definition) is 3. The Morgan fingerprint density at radius 2 is 2.07 bits per heavy atom. The molecule has 74 valence electrons. The van der Waals surface area contributed by atoms with Crippen molar-refractivity contribution in [3.8, 4) is 5.75 Å². The lowest BCUT2D eigenvalue weighted by Crippen LogP contribution is -1.92. The van der Waals surface area contributed by atoms with Crippen molar-refractivity contribution < 1.29 is 4.74 Å². The predicted octanol–water partition coefficient (Wildman–Crippen LogP) is 2.73. The van der Waals surface area contributed by atoms with Gasteiger partial charge in [0.15, 0.2) is 0 Å². The first-order valence-electron chi connectivity index (χ1n) is 4.62. The van der Waals surface area contributed by atoms with Crippen LogP contribution in [0.2, 0.25) is 0 Å². The van der Waals surface area contributed by atoms with Gasteiger partial charge in [-0.25, -0.2) is 4.99 Å². The SMILES string of the molecule is CCOc1ccc(CCN=C=S)cc1. The molecule has 0 unspecified atom stereocenters. The first kappa shape index (κ1) is 10.9. The van der Waals surface area contributed by atoms with Gasteiger partial charge < -0.3 is 4.74 Å². The largest absolute Gasteiger partial charge is 0.494 e. The summed E-state index contributed by atoms with van der Waals surface area (Å²) < 4.78 is 5.33. The first-order valence-corrected chi connectivity index (χ1v) is 5.03. The number of benzene rings is 1. The molecule has 0 radical (unpaired) electrons. The van der Waals surface area contributed by atoms with E-state index < -0.39 is 0 Å². The molecule has 0 aliphatic heterocycles. The molecule has 1 rings (SSSR count). The van der Waals surface area contributed by atoms with Crippen LogP contribution < -0.4 is 4.74 Å². The van der Waals surface area contributed by atoms with E-state index >= 15 is 0 Å². The minimum absolute atomic E-state index is 0.703. The quantitative estimate of drug-likeness (QED) is 0.547. The molecule has 1 aromatic carbocycles. The Balaban J connectivity index is 2.50. The molecule has 0 fully saturated rings. The Bertz CT molecular complexity index is 315. The number of thiocarbonyl (C=S) groups is 1. The van der Waals surface area contributed by atoms with Crippen LogP contribution in [-0.2, 0) is 6.42 Å². The van der Waals surface area contributed by atoms with Gasteiger partial charge in [-0.2, -0.15) is 0 Å². The minimum Gasteiger partial charge on any atom is -0.494 e. The number of ether oxygens (including phenoxy) is 1. The van der Waals surface area contributed by atoms with Crippen LogP contribution in [0.1, 0.15) is 12.5 Å². The van der Waals surface area contributed by atoms with E-state index in [0.29, 0.717) is 13.2 Å². The minimum atomic E-state index is 0.703. The zero-order chi connectivity index (χ0) is 10.2. The molecule has 0 heterocycles. The fourth-order valence-electron chi connectivity index (χ4n) is 1.15. The van der Waals surface area contributed by atoms with Gasteiger partial charge in [0, 0.05) is 0 Å². The summed E-state index contributed by atoms with van der Waals surface area (Å²) in [6.45, 7) is 3.38. The zero-order valence-electron chi connectivity index (χ0n) is 8.19. The summed E-state index contributed by atoms with van der Waals surface area (Å²) in [5.74, 6) is 0.912. The predicted molar refractivity (Wildman–Crippen MR) is 61.2 cm³/mol. The molecule has 3 heteroatoms. The molecule has 0 saturated carbocycles. The van der Waals surface area contributed by atoms with Crippen molar-refractivity contribution in [1.82, 2.24) is 0 Å². The number of nitrogens with zero attached hydrogens (tertiary/aromatic N) is 1. The third-order valence-electron chi connectivity index (χ3n) is 1.81. The third-order valence-corrected chi connectivity index (χ3v) is 1.94. The van der Waals surface area contributed by atoms with Crippen LogP contribution in [-0.4, -0.2) is 18.3 Å². The van der Waals surface area contributed by atoms with Crippen molar-refractivity contribution in [3.05, 3.63) is 29.8 Å². The van der Waals surface area contributed by atoms with Gasteiger partial charge in [-0.3, -0.25) is 0 Å². The number of hydrogen-bond donors (Lipinski definition) is 0. The van der Waals surface area contributed by atoms with Gasteiger partial charge in [0.25, 0.3) is 0 Å². The van der Waals surface area contributed by atoms with Crippen molar-refractivity contribution in [3.63, 3.8) is 0 Å². The smallest absolute Gasteiger partial charge is 0.119 e. The van der Waals surface area contributed by atoms with E-state index in [9.17, 15) is 0 Å². The normalized spacial score (nSPS) is 9.21. The molecule has 0 spiro atoms. The number of isothiocyanates is 1. The summed E-state index contributed by atoms with van der Waals surface area (Å²) in [5.41, 5.74) is 1.24. The molecule has 1 aromatic rings. The first-order chi connectivity index (χ1) is 6.86. The highest BCUT2D eigenvalue weighted by Crippen LogP contribution is 2.12. The highest BCUT2D eigenvalue weighted by molar-refractivity contribution is 7.78. The highest BCUT2D eigenvalue weighted by Gasteiger charge is 1.93. The van der Waals surface area contributed by atoms with E-state index in [1.807, 2.05) is 31.2 Å². The van der Waals surface area contributed by atoms with Crippen LogP contribution in [0.4, 0.5) is 0 Å². The van der Waals surface area contributed by atoms with E-state index in [2.05, 4.69) is 22.4 Å². The Morgan fingerprint density at radius 3 is 2.64 bits per heavy atom. The average molecular weight is 207 g/mol. The van der Waals surface area contributed by atoms with Crippen LogP contribution in [0.15, 0.2) is 29.3 Å². The van der Waals surface area contributed by atoms with Crippen molar-refractivity contribution >= 4 is 17.4 Å². The van der Waals surface area contributed by atoms with E-state index in [-0.39, 0.29) is 0 Å². The second-order valence-electron chi connectivity index (χ2n) is 2.80. The van der Waals surface area contributed by atoms with Gasteiger partial charge in [-0.05, 0) is 43.3 Å². The van der Waals surface area contributed by atoms with Crippen LogP contribution in [0.5, 0.6) is 5.75 Å². The molecule has 14 heavy (non-hydrogen) atoms. The lowest BCUT2D eigenvalue weighted by atomic mass is 10.1. The van der Waals surface area contributed by atoms with E-state index in [0.717, 1.165) is 12.2 Å². The van der Waals surface area contributed by atoms with Crippen molar-refractivity contribution in [1.29, 1.82) is 0 Å². The molecule has 0 aliphatic carbocycles. The monoisotopic (exact) mass is 207 g/mol. The maximum absolute atomic E-state index is 5.33. The molecule has 0 atom stereocenters. The summed E-state index contributed by atoms with van der Waals surface area (Å²) in [6.07, 6.45) is 0.899. The summed E-state index contributed by atoms with van der Waals surface area (Å²) in [7, 11) is 0. The van der Waals surface area contributed by atoms with Crippen LogP contribution in [0.3, 0.4) is 0 Å². The zero-order valence-corrected chi connectivity index (χ0v) is 9.01. The Labute approximate surface area is 89.6 Å². The third kappa shape index (κ3) is 3.69. The van der Waals surface area contributed by atoms with Gasteiger partial charge in [0.05, 0.1) is 18.3 Å². The standard InChI is InChI=1S/C11H13NOS/c1-2-13-11-5-3-10(4-6-11)7-8-12-9-14/h3-6H,2,7-8H2,1H3. The summed E-state index contributed by atoms with van der Waals surface area (Å²) >= 11 is 4.49. The van der Waals surface area contributed by atoms with Crippen molar-refractivity contribution in [2.45, 2.75) is 13.3 Å². The van der Waals surface area contributed by atoms with E-state index in [1.165, 1.54) is 5.56 Å². The van der Waals surface area contributed by atoms with Gasteiger partial charge in [0.2, 0.25) is 0 Å². The van der Waals surface area contributed by atoms with Crippen molar-refractivity contribution in [2.24, 2.45) is 4.99 Å². The summed E-state index contributed by atoms with van der Waals surface area (Å²) in [5, 5.41) is 2.35. The van der Waals surface area contributed by atoms with Crippen LogP contribution in [0, 0.1) is 0 Å². The van der Waals surface area contributed by atoms with E-state index in [1.54, 1.807) is 0 Å². The Morgan fingerprint density at radius 1 is 1.36 bits per heavy atom. The fourth-order valence-corrected chi connectivity index (χ4v) is 1.24. The molecule has 0 aromatic heterocycles. The maximum atomic E-state index is 5.33. The molecule has 0 N–H and O–H groups in total. The molecular weight excluding hydrogens is 194 g/mol. The average Bonchev–Trinajstić information content (AvgIpc) is 2.21. The molecule has 2 nitrogen and oxygen atoms in total. The van der Waals surface area contributed by atoms with Gasteiger partial charge in [-0.15, -0.1) is 0 Å². The number of rotatable bonds is 5. The van der Waals surface area contributed by atoms with Crippen LogP contribution >= 0.6 is 12.2 Å². The molecule has 0 saturated heterocycles. The van der Waals surface area contributed by atoms with Crippen molar-refractivity contribution in [2.75, 3.05) is 13.2 Å². The molecule has 0 amide bonds. The second kappa shape index (κ2) is 6.30. The topological polar surface area (TPSA) is 21.6 Å². The Hall–Kier alpha value is -1.18. The Kier molecular flexibility index (Phi) is 4.90. The second-order valence-corrected chi connectivity index (χ2v) is 2.98.